The smallest absolute Gasteiger partial charge is 0.259 e. The van der Waals surface area contributed by atoms with Crippen molar-refractivity contribution in [3.8, 4) is 11.3 Å². The van der Waals surface area contributed by atoms with Gasteiger partial charge in [-0.25, -0.2) is 9.37 Å². The highest BCUT2D eigenvalue weighted by atomic mass is 32.1. The summed E-state index contributed by atoms with van der Waals surface area (Å²) >= 11 is 1.36. The van der Waals surface area contributed by atoms with E-state index in [0.29, 0.717) is 10.7 Å². The number of anilines is 1. The van der Waals surface area contributed by atoms with Crippen molar-refractivity contribution in [3.05, 3.63) is 65.6 Å². The Hall–Kier alpha value is -2.60. The molecule has 0 atom stereocenters. The number of aromatic nitrogens is 2. The molecule has 3 rings (SSSR count). The molecule has 0 saturated heterocycles. The maximum absolute atomic E-state index is 13.0. The predicted molar refractivity (Wildman–Crippen MR) is 84.5 cm³/mol. The van der Waals surface area contributed by atoms with Crippen molar-refractivity contribution in [1.82, 2.24) is 9.97 Å². The highest BCUT2D eigenvalue weighted by Gasteiger charge is 2.16. The second-order valence-corrected chi connectivity index (χ2v) is 5.46. The molecule has 1 aromatic carbocycles. The van der Waals surface area contributed by atoms with Crippen molar-refractivity contribution < 1.29 is 9.18 Å². The number of pyridine rings is 1. The third-order valence-electron chi connectivity index (χ3n) is 3.15. The molecule has 110 valence electrons. The Morgan fingerprint density at radius 2 is 1.82 bits per heavy atom. The zero-order chi connectivity index (χ0) is 15.5. The van der Waals surface area contributed by atoms with Crippen LogP contribution >= 0.6 is 11.3 Å². The van der Waals surface area contributed by atoms with Crippen LogP contribution in [0.4, 0.5) is 9.52 Å². The number of benzene rings is 1. The number of hydrogen-bond donors (Lipinski definition) is 0. The van der Waals surface area contributed by atoms with Crippen LogP contribution in [0.2, 0.25) is 0 Å². The summed E-state index contributed by atoms with van der Waals surface area (Å²) < 4.78 is 13.0. The molecule has 4 nitrogen and oxygen atoms in total. The first kappa shape index (κ1) is 14.3. The van der Waals surface area contributed by atoms with Crippen LogP contribution in [0.3, 0.4) is 0 Å². The van der Waals surface area contributed by atoms with Crippen molar-refractivity contribution >= 4 is 22.4 Å². The van der Waals surface area contributed by atoms with Gasteiger partial charge in [0.1, 0.15) is 5.82 Å². The van der Waals surface area contributed by atoms with E-state index in [-0.39, 0.29) is 11.7 Å². The van der Waals surface area contributed by atoms with Crippen LogP contribution in [0.5, 0.6) is 0 Å². The van der Waals surface area contributed by atoms with E-state index < -0.39 is 0 Å². The second kappa shape index (κ2) is 6.03. The van der Waals surface area contributed by atoms with Gasteiger partial charge >= 0.3 is 0 Å². The molecule has 1 amide bonds. The molecule has 0 aliphatic rings. The average molecular weight is 313 g/mol. The SMILES string of the molecule is CN(C(=O)c1ccncc1)c1nc(-c2ccc(F)cc2)cs1. The number of hydrogen-bond acceptors (Lipinski definition) is 4. The van der Waals surface area contributed by atoms with Crippen molar-refractivity contribution in [2.45, 2.75) is 0 Å². The van der Waals surface area contributed by atoms with E-state index in [0.717, 1.165) is 11.3 Å². The summed E-state index contributed by atoms with van der Waals surface area (Å²) in [6.07, 6.45) is 3.15. The molecule has 0 bridgehead atoms. The molecule has 2 heterocycles. The molecular formula is C16H12FN3OS. The van der Waals surface area contributed by atoms with Crippen LogP contribution in [0.1, 0.15) is 10.4 Å². The Morgan fingerprint density at radius 3 is 2.50 bits per heavy atom. The first-order valence-corrected chi connectivity index (χ1v) is 7.42. The summed E-state index contributed by atoms with van der Waals surface area (Å²) in [7, 11) is 1.68. The zero-order valence-corrected chi connectivity index (χ0v) is 12.5. The van der Waals surface area contributed by atoms with Gasteiger partial charge in [-0.1, -0.05) is 0 Å². The fraction of sp³-hybridized carbons (Fsp3) is 0.0625. The van der Waals surface area contributed by atoms with Gasteiger partial charge in [-0.05, 0) is 36.4 Å². The summed E-state index contributed by atoms with van der Waals surface area (Å²) in [6, 6.07) is 9.43. The number of carbonyl (C=O) groups is 1. The number of carbonyl (C=O) groups excluding carboxylic acids is 1. The summed E-state index contributed by atoms with van der Waals surface area (Å²) in [6.45, 7) is 0. The van der Waals surface area contributed by atoms with Gasteiger partial charge in [0, 0.05) is 35.9 Å². The van der Waals surface area contributed by atoms with E-state index in [1.165, 1.54) is 28.4 Å². The number of nitrogens with zero attached hydrogens (tertiary/aromatic N) is 3. The molecule has 0 unspecified atom stereocenters. The molecule has 3 aromatic rings. The third-order valence-corrected chi connectivity index (χ3v) is 4.07. The number of amides is 1. The fourth-order valence-electron chi connectivity index (χ4n) is 1.95. The maximum atomic E-state index is 13.0. The Bertz CT molecular complexity index is 787. The quantitative estimate of drug-likeness (QED) is 0.742. The van der Waals surface area contributed by atoms with Crippen LogP contribution in [0, 0.1) is 5.82 Å². The normalized spacial score (nSPS) is 10.5. The van der Waals surface area contributed by atoms with E-state index in [9.17, 15) is 9.18 Å². The van der Waals surface area contributed by atoms with Gasteiger partial charge in [0.05, 0.1) is 5.69 Å². The van der Waals surface area contributed by atoms with Gasteiger partial charge in [-0.15, -0.1) is 11.3 Å². The minimum atomic E-state index is -0.288. The minimum absolute atomic E-state index is 0.151. The molecule has 6 heteroatoms. The lowest BCUT2D eigenvalue weighted by Gasteiger charge is -2.13. The zero-order valence-electron chi connectivity index (χ0n) is 11.7. The van der Waals surface area contributed by atoms with E-state index in [1.54, 1.807) is 43.7 Å². The number of thiazole rings is 1. The van der Waals surface area contributed by atoms with E-state index in [1.807, 2.05) is 5.38 Å². The van der Waals surface area contributed by atoms with Crippen LogP contribution in [0.25, 0.3) is 11.3 Å². The minimum Gasteiger partial charge on any atom is -0.287 e. The molecule has 0 saturated carbocycles. The van der Waals surface area contributed by atoms with Crippen LogP contribution < -0.4 is 4.90 Å². The van der Waals surface area contributed by atoms with Gasteiger partial charge in [-0.2, -0.15) is 0 Å². The van der Waals surface area contributed by atoms with E-state index >= 15 is 0 Å². The lowest BCUT2D eigenvalue weighted by Crippen LogP contribution is -2.26. The Morgan fingerprint density at radius 1 is 1.14 bits per heavy atom. The number of rotatable bonds is 3. The lowest BCUT2D eigenvalue weighted by molar-refractivity contribution is 0.0993. The molecule has 0 aliphatic heterocycles. The Kier molecular flexibility index (Phi) is 3.93. The maximum Gasteiger partial charge on any atom is 0.259 e. The second-order valence-electron chi connectivity index (χ2n) is 4.62. The predicted octanol–water partition coefficient (Wildman–Crippen LogP) is 3.62. The van der Waals surface area contributed by atoms with Gasteiger partial charge in [0.15, 0.2) is 5.13 Å². The van der Waals surface area contributed by atoms with Crippen LogP contribution in [0.15, 0.2) is 54.2 Å². The molecule has 22 heavy (non-hydrogen) atoms. The number of halogens is 1. The van der Waals surface area contributed by atoms with Gasteiger partial charge < -0.3 is 0 Å². The van der Waals surface area contributed by atoms with Gasteiger partial charge in [0.2, 0.25) is 0 Å². The fourth-order valence-corrected chi connectivity index (χ4v) is 2.74. The topological polar surface area (TPSA) is 46.1 Å². The molecular weight excluding hydrogens is 301 g/mol. The summed E-state index contributed by atoms with van der Waals surface area (Å²) in [5.41, 5.74) is 2.08. The Balaban J connectivity index is 1.84. The van der Waals surface area contributed by atoms with Gasteiger partial charge in [0.25, 0.3) is 5.91 Å². The lowest BCUT2D eigenvalue weighted by atomic mass is 10.2. The van der Waals surface area contributed by atoms with Crippen LogP contribution in [-0.4, -0.2) is 22.9 Å². The molecule has 0 fully saturated rings. The molecule has 0 spiro atoms. The third kappa shape index (κ3) is 2.87. The molecule has 0 radical (unpaired) electrons. The van der Waals surface area contributed by atoms with Crippen molar-refractivity contribution in [2.75, 3.05) is 11.9 Å². The molecule has 0 N–H and O–H groups in total. The highest BCUT2D eigenvalue weighted by Crippen LogP contribution is 2.27. The molecule has 2 aromatic heterocycles. The highest BCUT2D eigenvalue weighted by molar-refractivity contribution is 7.14. The first-order valence-electron chi connectivity index (χ1n) is 6.55. The van der Waals surface area contributed by atoms with Crippen molar-refractivity contribution in [1.29, 1.82) is 0 Å². The van der Waals surface area contributed by atoms with E-state index in [4.69, 9.17) is 0 Å². The Labute approximate surface area is 130 Å². The summed E-state index contributed by atoms with van der Waals surface area (Å²) in [4.78, 5) is 22.2. The van der Waals surface area contributed by atoms with Gasteiger partial charge in [-0.3, -0.25) is 14.7 Å². The summed E-state index contributed by atoms with van der Waals surface area (Å²) in [5.74, 6) is -0.438. The van der Waals surface area contributed by atoms with Crippen LogP contribution in [-0.2, 0) is 0 Å². The standard InChI is InChI=1S/C16H12FN3OS/c1-20(15(21)12-6-8-18-9-7-12)16-19-14(10-22-16)11-2-4-13(17)5-3-11/h2-10H,1H3. The van der Waals surface area contributed by atoms with Crippen molar-refractivity contribution in [3.63, 3.8) is 0 Å². The van der Waals surface area contributed by atoms with Crippen molar-refractivity contribution in [2.24, 2.45) is 0 Å². The average Bonchev–Trinajstić information content (AvgIpc) is 3.05. The summed E-state index contributed by atoms with van der Waals surface area (Å²) in [5, 5.41) is 2.43. The monoisotopic (exact) mass is 313 g/mol. The largest absolute Gasteiger partial charge is 0.287 e. The van der Waals surface area contributed by atoms with E-state index in [2.05, 4.69) is 9.97 Å². The molecule has 0 aliphatic carbocycles. The first-order chi connectivity index (χ1) is 10.6.